The van der Waals surface area contributed by atoms with Crippen LogP contribution in [0.25, 0.3) is 26.4 Å². The number of anilines is 1. The number of benzene rings is 1. The molecule has 4 rings (SSSR count). The summed E-state index contributed by atoms with van der Waals surface area (Å²) in [5, 5.41) is 12.3. The van der Waals surface area contributed by atoms with Crippen molar-refractivity contribution in [3.05, 3.63) is 48.3 Å². The molecular formula is C18H18N4OS. The molecule has 0 aliphatic carbocycles. The molecule has 0 saturated heterocycles. The van der Waals surface area contributed by atoms with E-state index in [1.807, 2.05) is 24.4 Å². The minimum atomic E-state index is 0.162. The minimum absolute atomic E-state index is 0.162. The molecule has 0 saturated carbocycles. The Morgan fingerprint density at radius 3 is 2.88 bits per heavy atom. The van der Waals surface area contributed by atoms with E-state index in [1.165, 1.54) is 10.4 Å². The molecular weight excluding hydrogens is 320 g/mol. The largest absolute Gasteiger partial charge is 0.396 e. The average molecular weight is 338 g/mol. The van der Waals surface area contributed by atoms with Gasteiger partial charge in [0.2, 0.25) is 0 Å². The number of imidazole rings is 1. The molecule has 24 heavy (non-hydrogen) atoms. The molecule has 3 heterocycles. The van der Waals surface area contributed by atoms with Gasteiger partial charge in [0, 0.05) is 29.9 Å². The molecule has 0 radical (unpaired) electrons. The number of aryl methyl sites for hydroxylation is 1. The van der Waals surface area contributed by atoms with Crippen molar-refractivity contribution in [3.8, 4) is 10.4 Å². The van der Waals surface area contributed by atoms with Gasteiger partial charge in [-0.2, -0.15) is 0 Å². The number of rotatable bonds is 5. The highest BCUT2D eigenvalue weighted by Crippen LogP contribution is 2.34. The van der Waals surface area contributed by atoms with Gasteiger partial charge >= 0.3 is 0 Å². The van der Waals surface area contributed by atoms with Crippen LogP contribution in [0.1, 0.15) is 12.1 Å². The first-order chi connectivity index (χ1) is 11.8. The van der Waals surface area contributed by atoms with Crippen molar-refractivity contribution in [2.75, 3.05) is 18.5 Å². The fraction of sp³-hybridized carbons (Fsp3) is 0.222. The topological polar surface area (TPSA) is 62.5 Å². The predicted molar refractivity (Wildman–Crippen MR) is 98.7 cm³/mol. The van der Waals surface area contributed by atoms with Crippen LogP contribution in [-0.2, 0) is 0 Å². The maximum atomic E-state index is 8.98. The van der Waals surface area contributed by atoms with Gasteiger partial charge in [0.1, 0.15) is 10.3 Å². The molecule has 0 aliphatic heterocycles. The van der Waals surface area contributed by atoms with E-state index in [0.29, 0.717) is 13.0 Å². The lowest BCUT2D eigenvalue weighted by molar-refractivity contribution is 0.292. The van der Waals surface area contributed by atoms with Crippen LogP contribution in [0.5, 0.6) is 0 Å². The zero-order valence-electron chi connectivity index (χ0n) is 13.4. The van der Waals surface area contributed by atoms with E-state index in [0.717, 1.165) is 27.5 Å². The van der Waals surface area contributed by atoms with Gasteiger partial charge in [0.15, 0.2) is 11.5 Å². The van der Waals surface area contributed by atoms with E-state index >= 15 is 0 Å². The average Bonchev–Trinajstić information content (AvgIpc) is 3.19. The van der Waals surface area contributed by atoms with Crippen LogP contribution < -0.4 is 5.32 Å². The van der Waals surface area contributed by atoms with Gasteiger partial charge in [0.25, 0.3) is 0 Å². The Bertz CT molecular complexity index is 991. The second-order valence-corrected chi connectivity index (χ2v) is 6.72. The highest BCUT2D eigenvalue weighted by molar-refractivity contribution is 7.21. The first-order valence-corrected chi connectivity index (χ1v) is 8.77. The van der Waals surface area contributed by atoms with Crippen LogP contribution >= 0.6 is 11.3 Å². The SMILES string of the molecule is Cc1cnc2c(NCCCO)nc3cc(-c4ccccc4)sc3n12. The van der Waals surface area contributed by atoms with E-state index in [2.05, 4.69) is 39.8 Å². The Kier molecular flexibility index (Phi) is 3.92. The van der Waals surface area contributed by atoms with Crippen molar-refractivity contribution in [1.29, 1.82) is 0 Å². The number of aliphatic hydroxyl groups is 1. The second-order valence-electron chi connectivity index (χ2n) is 5.69. The molecule has 0 aliphatic rings. The van der Waals surface area contributed by atoms with Crippen LogP contribution in [0.15, 0.2) is 42.6 Å². The third-order valence-electron chi connectivity index (χ3n) is 3.96. The number of nitrogens with zero attached hydrogens (tertiary/aromatic N) is 3. The van der Waals surface area contributed by atoms with Crippen LogP contribution in [0.3, 0.4) is 0 Å². The number of aromatic nitrogens is 3. The summed E-state index contributed by atoms with van der Waals surface area (Å²) in [6.45, 7) is 2.89. The summed E-state index contributed by atoms with van der Waals surface area (Å²) in [4.78, 5) is 11.6. The van der Waals surface area contributed by atoms with Crippen molar-refractivity contribution in [1.82, 2.24) is 14.4 Å². The summed E-state index contributed by atoms with van der Waals surface area (Å²) in [5.41, 5.74) is 4.07. The fourth-order valence-corrected chi connectivity index (χ4v) is 3.96. The monoisotopic (exact) mass is 338 g/mol. The number of hydrogen-bond donors (Lipinski definition) is 2. The smallest absolute Gasteiger partial charge is 0.181 e. The molecule has 1 aromatic carbocycles. The van der Waals surface area contributed by atoms with Crippen LogP contribution in [0, 0.1) is 6.92 Å². The highest BCUT2D eigenvalue weighted by Gasteiger charge is 2.15. The van der Waals surface area contributed by atoms with Crippen molar-refractivity contribution < 1.29 is 5.11 Å². The van der Waals surface area contributed by atoms with Crippen molar-refractivity contribution in [2.45, 2.75) is 13.3 Å². The molecule has 0 unspecified atom stereocenters. The fourth-order valence-electron chi connectivity index (χ4n) is 2.79. The third-order valence-corrected chi connectivity index (χ3v) is 5.12. The van der Waals surface area contributed by atoms with Gasteiger partial charge in [0.05, 0.1) is 0 Å². The second kappa shape index (κ2) is 6.22. The van der Waals surface area contributed by atoms with E-state index in [1.54, 1.807) is 11.3 Å². The molecule has 4 aromatic rings. The molecule has 5 nitrogen and oxygen atoms in total. The molecule has 2 N–H and O–H groups in total. The maximum Gasteiger partial charge on any atom is 0.181 e. The summed E-state index contributed by atoms with van der Waals surface area (Å²) >= 11 is 1.73. The van der Waals surface area contributed by atoms with Gasteiger partial charge < -0.3 is 10.4 Å². The minimum Gasteiger partial charge on any atom is -0.396 e. The number of hydrogen-bond acceptors (Lipinski definition) is 5. The normalized spacial score (nSPS) is 11.4. The van der Waals surface area contributed by atoms with Crippen molar-refractivity contribution >= 4 is 33.1 Å². The van der Waals surface area contributed by atoms with Crippen LogP contribution in [0.4, 0.5) is 5.82 Å². The van der Waals surface area contributed by atoms with Gasteiger partial charge in [-0.25, -0.2) is 9.97 Å². The Morgan fingerprint density at radius 2 is 2.08 bits per heavy atom. The Balaban J connectivity index is 1.89. The lowest BCUT2D eigenvalue weighted by Crippen LogP contribution is -2.07. The van der Waals surface area contributed by atoms with Gasteiger partial charge in [-0.1, -0.05) is 30.3 Å². The molecule has 0 spiro atoms. The number of nitrogens with one attached hydrogen (secondary N) is 1. The number of aliphatic hydroxyl groups excluding tert-OH is 1. The molecule has 0 fully saturated rings. The third kappa shape index (κ3) is 2.53. The summed E-state index contributed by atoms with van der Waals surface area (Å²) < 4.78 is 2.15. The number of fused-ring (bicyclic) bond motifs is 3. The van der Waals surface area contributed by atoms with Gasteiger partial charge in [-0.05, 0) is 25.0 Å². The quantitative estimate of drug-likeness (QED) is 0.545. The summed E-state index contributed by atoms with van der Waals surface area (Å²) in [6, 6.07) is 12.5. The molecule has 0 bridgehead atoms. The first kappa shape index (κ1) is 15.1. The summed E-state index contributed by atoms with van der Waals surface area (Å²) in [7, 11) is 0. The lowest BCUT2D eigenvalue weighted by atomic mass is 10.2. The zero-order chi connectivity index (χ0) is 16.5. The molecule has 122 valence electrons. The predicted octanol–water partition coefficient (Wildman–Crippen LogP) is 3.71. The molecule has 0 atom stereocenters. The lowest BCUT2D eigenvalue weighted by Gasteiger charge is -2.07. The van der Waals surface area contributed by atoms with Crippen molar-refractivity contribution in [2.24, 2.45) is 0 Å². The Morgan fingerprint density at radius 1 is 1.25 bits per heavy atom. The first-order valence-electron chi connectivity index (χ1n) is 7.95. The molecule has 3 aromatic heterocycles. The molecule has 6 heteroatoms. The van der Waals surface area contributed by atoms with E-state index in [9.17, 15) is 0 Å². The van der Waals surface area contributed by atoms with Crippen LogP contribution in [-0.4, -0.2) is 32.6 Å². The number of thiophene rings is 1. The van der Waals surface area contributed by atoms with E-state index in [4.69, 9.17) is 10.1 Å². The van der Waals surface area contributed by atoms with Crippen LogP contribution in [0.2, 0.25) is 0 Å². The zero-order valence-corrected chi connectivity index (χ0v) is 14.2. The van der Waals surface area contributed by atoms with Gasteiger partial charge in [-0.3, -0.25) is 4.40 Å². The van der Waals surface area contributed by atoms with E-state index < -0.39 is 0 Å². The highest BCUT2D eigenvalue weighted by atomic mass is 32.1. The molecule has 0 amide bonds. The Labute approximate surface area is 143 Å². The van der Waals surface area contributed by atoms with Gasteiger partial charge in [-0.15, -0.1) is 11.3 Å². The van der Waals surface area contributed by atoms with Crippen molar-refractivity contribution in [3.63, 3.8) is 0 Å². The standard InChI is InChI=1S/C18H18N4OS/c1-12-11-20-17-16(19-8-5-9-23)21-14-10-15(24-18(14)22(12)17)13-6-3-2-4-7-13/h2-4,6-7,10-11,23H,5,8-9H2,1H3,(H,19,21). The summed E-state index contributed by atoms with van der Waals surface area (Å²) in [5.74, 6) is 0.765. The summed E-state index contributed by atoms with van der Waals surface area (Å²) in [6.07, 6.45) is 2.56. The maximum absolute atomic E-state index is 8.98. The Hall–Kier alpha value is -2.44. The van der Waals surface area contributed by atoms with E-state index in [-0.39, 0.29) is 6.61 Å².